The van der Waals surface area contributed by atoms with Crippen molar-refractivity contribution in [3.8, 4) is 0 Å². The molecule has 1 saturated heterocycles. The van der Waals surface area contributed by atoms with Gasteiger partial charge in [0.25, 0.3) is 0 Å². The third-order valence-corrected chi connectivity index (χ3v) is 5.23. The van der Waals surface area contributed by atoms with Crippen molar-refractivity contribution in [2.75, 3.05) is 4.90 Å². The minimum Gasteiger partial charge on any atom is -0.366 e. The molecular weight excluding hydrogens is 329 g/mol. The van der Waals surface area contributed by atoms with Crippen LogP contribution in [0.25, 0.3) is 10.9 Å². The Morgan fingerprint density at radius 3 is 2.32 bits per heavy atom. The molecule has 2 aromatic rings. The summed E-state index contributed by atoms with van der Waals surface area (Å²) >= 11 is 0. The van der Waals surface area contributed by atoms with Gasteiger partial charge in [-0.1, -0.05) is 13.8 Å². The second kappa shape index (κ2) is 6.73. The van der Waals surface area contributed by atoms with E-state index in [1.165, 1.54) is 0 Å². The third kappa shape index (κ3) is 3.39. The smallest absolute Gasteiger partial charge is 0.366 e. The lowest BCUT2D eigenvalue weighted by Gasteiger charge is -2.43. The Balaban J connectivity index is 2.17. The fourth-order valence-corrected chi connectivity index (χ4v) is 4.03. The molecule has 1 fully saturated rings. The van der Waals surface area contributed by atoms with Crippen molar-refractivity contribution >= 4 is 16.6 Å². The van der Waals surface area contributed by atoms with Crippen molar-refractivity contribution in [3.63, 3.8) is 0 Å². The molecule has 0 aliphatic carbocycles. The van der Waals surface area contributed by atoms with E-state index in [2.05, 4.69) is 23.7 Å². The molecule has 0 unspecified atom stereocenters. The number of aromatic amines is 1. The highest BCUT2D eigenvalue weighted by Crippen LogP contribution is 2.37. The van der Waals surface area contributed by atoms with Crippen molar-refractivity contribution in [1.29, 1.82) is 0 Å². The fraction of sp³-hybridized carbons (Fsp3) is 0.526. The van der Waals surface area contributed by atoms with Gasteiger partial charge in [0.15, 0.2) is 0 Å². The lowest BCUT2D eigenvalue weighted by atomic mass is 9.91. The molecule has 0 radical (unpaired) electrons. The maximum absolute atomic E-state index is 13.4. The molecule has 0 saturated carbocycles. The van der Waals surface area contributed by atoms with E-state index < -0.39 is 17.3 Å². The van der Waals surface area contributed by atoms with Gasteiger partial charge in [-0.2, -0.15) is 13.2 Å². The fourth-order valence-electron chi connectivity index (χ4n) is 4.03. The number of H-pyrrole nitrogens is 1. The van der Waals surface area contributed by atoms with Crippen LogP contribution in [0.2, 0.25) is 0 Å². The number of hydrogen-bond acceptors (Lipinski definition) is 2. The number of fused-ring (bicyclic) bond motifs is 1. The van der Waals surface area contributed by atoms with Gasteiger partial charge in [0.1, 0.15) is 0 Å². The monoisotopic (exact) mass is 352 g/mol. The maximum atomic E-state index is 13.4. The van der Waals surface area contributed by atoms with E-state index in [4.69, 9.17) is 0 Å². The second-order valence-electron chi connectivity index (χ2n) is 6.74. The van der Waals surface area contributed by atoms with Gasteiger partial charge in [-0.05, 0) is 50.3 Å². The summed E-state index contributed by atoms with van der Waals surface area (Å²) in [5, 5.41) is 0.0554. The summed E-state index contributed by atoms with van der Waals surface area (Å²) in [6.07, 6.45) is 0.647. The summed E-state index contributed by atoms with van der Waals surface area (Å²) in [5.74, 6) is 0. The number of halogens is 3. The number of aromatic nitrogens is 1. The molecule has 1 aliphatic heterocycles. The molecule has 0 spiro atoms. The largest absolute Gasteiger partial charge is 0.417 e. The Hall–Kier alpha value is -1.98. The van der Waals surface area contributed by atoms with E-state index in [1.807, 2.05) is 6.07 Å². The zero-order valence-corrected chi connectivity index (χ0v) is 14.5. The molecule has 2 heterocycles. The van der Waals surface area contributed by atoms with E-state index in [0.29, 0.717) is 18.2 Å². The van der Waals surface area contributed by atoms with Gasteiger partial charge in [0, 0.05) is 34.7 Å². The van der Waals surface area contributed by atoms with Crippen LogP contribution in [0.15, 0.2) is 29.1 Å². The molecule has 3 nitrogen and oxygen atoms in total. The Bertz CT molecular complexity index is 800. The lowest BCUT2D eigenvalue weighted by Crippen LogP contribution is -2.46. The highest BCUT2D eigenvalue weighted by atomic mass is 19.4. The minimum atomic E-state index is -4.55. The van der Waals surface area contributed by atoms with Crippen LogP contribution in [-0.4, -0.2) is 17.1 Å². The van der Waals surface area contributed by atoms with Crippen LogP contribution in [0.3, 0.4) is 0 Å². The molecule has 1 aromatic heterocycles. The van der Waals surface area contributed by atoms with Crippen LogP contribution in [0, 0.1) is 0 Å². The molecule has 2 atom stereocenters. The van der Waals surface area contributed by atoms with Crippen molar-refractivity contribution in [2.24, 2.45) is 0 Å². The average Bonchev–Trinajstić information content (AvgIpc) is 2.59. The number of nitrogens with one attached hydrogen (secondary N) is 1. The van der Waals surface area contributed by atoms with Crippen molar-refractivity contribution in [1.82, 2.24) is 4.98 Å². The third-order valence-electron chi connectivity index (χ3n) is 5.23. The van der Waals surface area contributed by atoms with Gasteiger partial charge in [0.2, 0.25) is 5.56 Å². The summed E-state index contributed by atoms with van der Waals surface area (Å²) in [6.45, 7) is 4.24. The van der Waals surface area contributed by atoms with E-state index in [-0.39, 0.29) is 10.9 Å². The number of hydrogen-bond donors (Lipinski definition) is 1. The number of nitrogens with zero attached hydrogens (tertiary/aromatic N) is 1. The van der Waals surface area contributed by atoms with E-state index in [1.54, 1.807) is 12.1 Å². The quantitative estimate of drug-likeness (QED) is 0.835. The summed E-state index contributed by atoms with van der Waals surface area (Å²) in [6, 6.07) is 6.34. The van der Waals surface area contributed by atoms with Crippen molar-refractivity contribution in [2.45, 2.75) is 64.2 Å². The SMILES string of the molecule is CC[C@@H]1CCC[C@@H](CC)N1c1ccc2[nH]c(=O)cc(C(F)(F)F)c2c1. The van der Waals surface area contributed by atoms with Crippen LogP contribution >= 0.6 is 0 Å². The number of anilines is 1. The zero-order valence-electron chi connectivity index (χ0n) is 14.5. The first-order chi connectivity index (χ1) is 11.8. The molecule has 136 valence electrons. The van der Waals surface area contributed by atoms with Crippen LogP contribution < -0.4 is 10.5 Å². The minimum absolute atomic E-state index is 0.0554. The molecule has 0 bridgehead atoms. The van der Waals surface area contributed by atoms with Crippen molar-refractivity contribution < 1.29 is 13.2 Å². The van der Waals surface area contributed by atoms with Crippen LogP contribution in [-0.2, 0) is 6.18 Å². The molecule has 1 aliphatic rings. The van der Waals surface area contributed by atoms with Crippen LogP contribution in [0.4, 0.5) is 18.9 Å². The van der Waals surface area contributed by atoms with Crippen LogP contribution in [0.5, 0.6) is 0 Å². The average molecular weight is 352 g/mol. The van der Waals surface area contributed by atoms with E-state index >= 15 is 0 Å². The molecular formula is C19H23F3N2O. The summed E-state index contributed by atoms with van der Waals surface area (Å²) < 4.78 is 40.2. The van der Waals surface area contributed by atoms with Crippen LogP contribution in [0.1, 0.15) is 51.5 Å². The number of rotatable bonds is 3. The molecule has 1 aromatic carbocycles. The first-order valence-corrected chi connectivity index (χ1v) is 8.87. The molecule has 0 amide bonds. The second-order valence-corrected chi connectivity index (χ2v) is 6.74. The highest BCUT2D eigenvalue weighted by molar-refractivity contribution is 5.86. The van der Waals surface area contributed by atoms with Gasteiger partial charge < -0.3 is 9.88 Å². The van der Waals surface area contributed by atoms with Gasteiger partial charge in [-0.25, -0.2) is 0 Å². The Morgan fingerprint density at radius 2 is 1.76 bits per heavy atom. The predicted octanol–water partition coefficient (Wildman–Crippen LogP) is 5.09. The molecule has 6 heteroatoms. The summed E-state index contributed by atoms with van der Waals surface area (Å²) in [5.41, 5.74) is -0.570. The number of pyridine rings is 1. The Morgan fingerprint density at radius 1 is 1.12 bits per heavy atom. The Labute approximate surface area is 144 Å². The highest BCUT2D eigenvalue weighted by Gasteiger charge is 2.34. The summed E-state index contributed by atoms with van der Waals surface area (Å²) in [7, 11) is 0. The van der Waals surface area contributed by atoms with Gasteiger partial charge in [-0.3, -0.25) is 4.79 Å². The molecule has 1 N–H and O–H groups in total. The molecule has 3 rings (SSSR count). The summed E-state index contributed by atoms with van der Waals surface area (Å²) in [4.78, 5) is 16.4. The normalized spacial score (nSPS) is 21.7. The Kier molecular flexibility index (Phi) is 4.80. The predicted molar refractivity (Wildman–Crippen MR) is 94.1 cm³/mol. The van der Waals surface area contributed by atoms with E-state index in [9.17, 15) is 18.0 Å². The zero-order chi connectivity index (χ0) is 18.2. The van der Waals surface area contributed by atoms with Gasteiger partial charge in [-0.15, -0.1) is 0 Å². The number of alkyl halides is 3. The number of piperidine rings is 1. The lowest BCUT2D eigenvalue weighted by molar-refractivity contribution is -0.136. The topological polar surface area (TPSA) is 36.1 Å². The van der Waals surface area contributed by atoms with E-state index in [0.717, 1.165) is 37.8 Å². The standard InChI is InChI=1S/C19H23F3N2O/c1-3-12-6-5-7-13(4-2)24(12)14-8-9-17-15(10-14)16(19(20,21)22)11-18(25)23-17/h8-13H,3-7H2,1-2H3,(H,23,25)/t12-,13-/m1/s1. The number of benzene rings is 1. The van der Waals surface area contributed by atoms with Crippen molar-refractivity contribution in [3.05, 3.63) is 40.2 Å². The molecule has 25 heavy (non-hydrogen) atoms. The maximum Gasteiger partial charge on any atom is 0.417 e. The van der Waals surface area contributed by atoms with Gasteiger partial charge in [0.05, 0.1) is 5.56 Å². The van der Waals surface area contributed by atoms with Gasteiger partial charge >= 0.3 is 6.18 Å². The first kappa shape index (κ1) is 17.8. The first-order valence-electron chi connectivity index (χ1n) is 8.87.